The van der Waals surface area contributed by atoms with Crippen molar-refractivity contribution < 1.29 is 14.3 Å². The largest absolute Gasteiger partial charge is 0.493 e. The molecule has 1 N–H and O–H groups in total. The third-order valence-corrected chi connectivity index (χ3v) is 4.66. The van der Waals surface area contributed by atoms with E-state index in [0.717, 1.165) is 18.5 Å². The number of amides is 1. The molecule has 0 saturated carbocycles. The van der Waals surface area contributed by atoms with E-state index in [2.05, 4.69) is 12.2 Å². The van der Waals surface area contributed by atoms with Crippen molar-refractivity contribution >= 4 is 12.0 Å². The minimum Gasteiger partial charge on any atom is -0.493 e. The number of unbranched alkanes of at least 4 members (excludes halogenated alkanes) is 9. The van der Waals surface area contributed by atoms with Crippen LogP contribution in [-0.2, 0) is 4.79 Å². The third-order valence-electron chi connectivity index (χ3n) is 4.66. The zero-order valence-electron chi connectivity index (χ0n) is 17.4. The first-order valence-corrected chi connectivity index (χ1v) is 10.4. The van der Waals surface area contributed by atoms with Gasteiger partial charge in [0.05, 0.1) is 14.2 Å². The predicted octanol–water partition coefficient (Wildman–Crippen LogP) is 5.75. The molecule has 0 radical (unpaired) electrons. The Morgan fingerprint density at radius 3 is 2.07 bits per heavy atom. The van der Waals surface area contributed by atoms with E-state index in [1.807, 2.05) is 18.2 Å². The number of methoxy groups -OCH3 is 2. The van der Waals surface area contributed by atoms with Crippen molar-refractivity contribution in [3.05, 3.63) is 29.8 Å². The van der Waals surface area contributed by atoms with Crippen LogP contribution >= 0.6 is 0 Å². The van der Waals surface area contributed by atoms with E-state index in [4.69, 9.17) is 9.47 Å². The van der Waals surface area contributed by atoms with Gasteiger partial charge in [-0.3, -0.25) is 4.79 Å². The molecule has 1 aromatic rings. The van der Waals surface area contributed by atoms with E-state index in [0.29, 0.717) is 11.5 Å². The van der Waals surface area contributed by atoms with Crippen LogP contribution in [0.1, 0.15) is 76.7 Å². The normalized spacial score (nSPS) is 10.9. The van der Waals surface area contributed by atoms with Crippen molar-refractivity contribution in [2.75, 3.05) is 20.8 Å². The molecule has 0 bridgehead atoms. The molecule has 1 amide bonds. The zero-order valence-corrected chi connectivity index (χ0v) is 17.4. The second-order valence-corrected chi connectivity index (χ2v) is 6.92. The van der Waals surface area contributed by atoms with Gasteiger partial charge in [0.25, 0.3) is 0 Å². The fourth-order valence-electron chi connectivity index (χ4n) is 3.01. The van der Waals surface area contributed by atoms with Gasteiger partial charge in [-0.15, -0.1) is 0 Å². The summed E-state index contributed by atoms with van der Waals surface area (Å²) in [6.07, 6.45) is 16.4. The molecule has 0 atom stereocenters. The van der Waals surface area contributed by atoms with Gasteiger partial charge in [-0.1, -0.05) is 70.8 Å². The lowest BCUT2D eigenvalue weighted by molar-refractivity contribution is -0.116. The maximum absolute atomic E-state index is 11.9. The number of hydrogen-bond acceptors (Lipinski definition) is 3. The molecular weight excluding hydrogens is 338 g/mol. The molecule has 4 heteroatoms. The molecular formula is C23H37NO3. The summed E-state index contributed by atoms with van der Waals surface area (Å²) in [4.78, 5) is 11.9. The van der Waals surface area contributed by atoms with Crippen LogP contribution in [0.25, 0.3) is 6.08 Å². The summed E-state index contributed by atoms with van der Waals surface area (Å²) in [6.45, 7) is 3.00. The highest BCUT2D eigenvalue weighted by atomic mass is 16.5. The number of carbonyl (C=O) groups is 1. The minimum atomic E-state index is -0.0549. The van der Waals surface area contributed by atoms with Crippen molar-refractivity contribution in [2.24, 2.45) is 0 Å². The van der Waals surface area contributed by atoms with Crippen molar-refractivity contribution in [2.45, 2.75) is 71.1 Å². The monoisotopic (exact) mass is 375 g/mol. The first kappa shape index (κ1) is 23.1. The van der Waals surface area contributed by atoms with Crippen LogP contribution in [0.4, 0.5) is 0 Å². The van der Waals surface area contributed by atoms with Gasteiger partial charge in [-0.05, 0) is 30.2 Å². The summed E-state index contributed by atoms with van der Waals surface area (Å²) in [7, 11) is 3.21. The van der Waals surface area contributed by atoms with Crippen LogP contribution in [0.15, 0.2) is 24.3 Å². The van der Waals surface area contributed by atoms with E-state index in [1.165, 1.54) is 57.8 Å². The molecule has 0 unspecified atom stereocenters. The Morgan fingerprint density at radius 1 is 0.889 bits per heavy atom. The molecule has 27 heavy (non-hydrogen) atoms. The number of benzene rings is 1. The summed E-state index contributed by atoms with van der Waals surface area (Å²) in [5.74, 6) is 1.28. The van der Waals surface area contributed by atoms with Crippen molar-refractivity contribution in [3.8, 4) is 11.5 Å². The van der Waals surface area contributed by atoms with Crippen LogP contribution in [0.3, 0.4) is 0 Å². The van der Waals surface area contributed by atoms with Crippen LogP contribution in [-0.4, -0.2) is 26.7 Å². The summed E-state index contributed by atoms with van der Waals surface area (Å²) >= 11 is 0. The van der Waals surface area contributed by atoms with Gasteiger partial charge in [0.15, 0.2) is 11.5 Å². The Bertz CT molecular complexity index is 555. The first-order chi connectivity index (χ1) is 13.2. The quantitative estimate of drug-likeness (QED) is 0.313. The summed E-state index contributed by atoms with van der Waals surface area (Å²) in [5.41, 5.74) is 0.904. The van der Waals surface area contributed by atoms with Gasteiger partial charge >= 0.3 is 0 Å². The Hall–Kier alpha value is -1.97. The topological polar surface area (TPSA) is 47.6 Å². The average Bonchev–Trinajstić information content (AvgIpc) is 2.70. The van der Waals surface area contributed by atoms with Crippen molar-refractivity contribution in [3.63, 3.8) is 0 Å². The van der Waals surface area contributed by atoms with Gasteiger partial charge in [0, 0.05) is 12.6 Å². The molecule has 0 fully saturated rings. The maximum Gasteiger partial charge on any atom is 0.243 e. The Balaban J connectivity index is 2.11. The number of hydrogen-bond donors (Lipinski definition) is 1. The van der Waals surface area contributed by atoms with Crippen LogP contribution < -0.4 is 14.8 Å². The lowest BCUT2D eigenvalue weighted by atomic mass is 10.1. The maximum atomic E-state index is 11.9. The Morgan fingerprint density at radius 2 is 1.48 bits per heavy atom. The Kier molecular flexibility index (Phi) is 12.9. The molecule has 152 valence electrons. The predicted molar refractivity (Wildman–Crippen MR) is 113 cm³/mol. The fraction of sp³-hybridized carbons (Fsp3) is 0.609. The highest BCUT2D eigenvalue weighted by molar-refractivity contribution is 5.91. The van der Waals surface area contributed by atoms with Gasteiger partial charge in [-0.2, -0.15) is 0 Å². The minimum absolute atomic E-state index is 0.0549. The summed E-state index contributed by atoms with van der Waals surface area (Å²) < 4.78 is 10.5. The average molecular weight is 376 g/mol. The molecule has 0 aliphatic rings. The Labute approximate surface area is 165 Å². The van der Waals surface area contributed by atoms with E-state index >= 15 is 0 Å². The van der Waals surface area contributed by atoms with E-state index in [-0.39, 0.29) is 5.91 Å². The van der Waals surface area contributed by atoms with E-state index < -0.39 is 0 Å². The van der Waals surface area contributed by atoms with Crippen LogP contribution in [0, 0.1) is 0 Å². The van der Waals surface area contributed by atoms with Crippen molar-refractivity contribution in [1.29, 1.82) is 0 Å². The standard InChI is InChI=1S/C23H37NO3/c1-4-5-6-7-8-9-10-11-12-13-18-24-23(25)17-15-20-14-16-21(26-2)22(19-20)27-3/h14-17,19H,4-13,18H2,1-3H3,(H,24,25). The summed E-state index contributed by atoms with van der Waals surface area (Å²) in [6, 6.07) is 5.58. The molecule has 1 rings (SSSR count). The molecule has 0 aromatic heterocycles. The molecule has 4 nitrogen and oxygen atoms in total. The lowest BCUT2D eigenvalue weighted by Gasteiger charge is -2.07. The second kappa shape index (κ2) is 15.1. The van der Waals surface area contributed by atoms with Crippen molar-refractivity contribution in [1.82, 2.24) is 5.32 Å². The molecule has 0 aliphatic heterocycles. The second-order valence-electron chi connectivity index (χ2n) is 6.92. The number of rotatable bonds is 15. The number of ether oxygens (including phenoxy) is 2. The third kappa shape index (κ3) is 10.7. The molecule has 0 spiro atoms. The van der Waals surface area contributed by atoms with Gasteiger partial charge in [0.1, 0.15) is 0 Å². The highest BCUT2D eigenvalue weighted by Gasteiger charge is 2.03. The SMILES string of the molecule is CCCCCCCCCCCCNC(=O)C=Cc1ccc(OC)c(OC)c1. The molecule has 0 aliphatic carbocycles. The molecule has 0 heterocycles. The number of nitrogens with one attached hydrogen (secondary N) is 1. The van der Waals surface area contributed by atoms with Gasteiger partial charge in [0.2, 0.25) is 5.91 Å². The van der Waals surface area contributed by atoms with Gasteiger partial charge < -0.3 is 14.8 Å². The summed E-state index contributed by atoms with van der Waals surface area (Å²) in [5, 5.41) is 2.95. The first-order valence-electron chi connectivity index (χ1n) is 10.4. The molecule has 0 saturated heterocycles. The fourth-order valence-corrected chi connectivity index (χ4v) is 3.01. The number of carbonyl (C=O) groups excluding carboxylic acids is 1. The van der Waals surface area contributed by atoms with Gasteiger partial charge in [-0.25, -0.2) is 0 Å². The van der Waals surface area contributed by atoms with Crippen LogP contribution in [0.2, 0.25) is 0 Å². The van der Waals surface area contributed by atoms with E-state index in [9.17, 15) is 4.79 Å². The van der Waals surface area contributed by atoms with Crippen LogP contribution in [0.5, 0.6) is 11.5 Å². The highest BCUT2D eigenvalue weighted by Crippen LogP contribution is 2.27. The lowest BCUT2D eigenvalue weighted by Crippen LogP contribution is -2.21. The van der Waals surface area contributed by atoms with E-state index in [1.54, 1.807) is 26.4 Å². The smallest absolute Gasteiger partial charge is 0.243 e. The zero-order chi connectivity index (χ0) is 19.7. The molecule has 1 aromatic carbocycles.